The second kappa shape index (κ2) is 2.78. The average molecular weight is 197 g/mol. The molecule has 6 heteroatoms. The minimum Gasteiger partial charge on any atom is -0.368 e. The molecule has 0 aromatic heterocycles. The molecular formula is C8H11N3O3. The number of fused-ring (bicyclic) bond motifs is 1. The van der Waals surface area contributed by atoms with Crippen LogP contribution < -0.4 is 11.5 Å². The molecule has 0 radical (unpaired) electrons. The molecule has 0 aromatic rings. The Morgan fingerprint density at radius 3 is 2.36 bits per heavy atom. The number of nitrogens with two attached hydrogens (primary N) is 2. The van der Waals surface area contributed by atoms with E-state index in [0.29, 0.717) is 6.42 Å². The lowest BCUT2D eigenvalue weighted by Crippen LogP contribution is -2.48. The van der Waals surface area contributed by atoms with Crippen molar-refractivity contribution < 1.29 is 14.4 Å². The summed E-state index contributed by atoms with van der Waals surface area (Å²) in [5, 5.41) is 0. The standard InChI is InChI=1S/C8H11N3O3/c9-5(6(10)12)2-11-7(13)3-1-4(3)8(11)14/h3-5H,1-2,9H2,(H2,10,12). The predicted molar refractivity (Wildman–Crippen MR) is 45.5 cm³/mol. The van der Waals surface area contributed by atoms with Crippen molar-refractivity contribution in [3.8, 4) is 0 Å². The summed E-state index contributed by atoms with van der Waals surface area (Å²) in [7, 11) is 0. The van der Waals surface area contributed by atoms with E-state index in [1.807, 2.05) is 0 Å². The zero-order chi connectivity index (χ0) is 10.5. The zero-order valence-electron chi connectivity index (χ0n) is 7.47. The number of imide groups is 1. The lowest BCUT2D eigenvalue weighted by Gasteiger charge is -2.18. The first-order chi connectivity index (χ1) is 6.52. The van der Waals surface area contributed by atoms with E-state index < -0.39 is 11.9 Å². The van der Waals surface area contributed by atoms with Crippen LogP contribution in [0.4, 0.5) is 0 Å². The van der Waals surface area contributed by atoms with Crippen molar-refractivity contribution in [2.24, 2.45) is 23.3 Å². The van der Waals surface area contributed by atoms with Crippen LogP contribution in [0.1, 0.15) is 6.42 Å². The molecule has 0 spiro atoms. The lowest BCUT2D eigenvalue weighted by molar-refractivity contribution is -0.141. The molecule has 1 aliphatic heterocycles. The van der Waals surface area contributed by atoms with Crippen LogP contribution in [0.5, 0.6) is 0 Å². The molecule has 6 nitrogen and oxygen atoms in total. The Bertz CT molecular complexity index is 308. The molecule has 1 aliphatic carbocycles. The van der Waals surface area contributed by atoms with E-state index in [4.69, 9.17) is 11.5 Å². The van der Waals surface area contributed by atoms with Crippen LogP contribution >= 0.6 is 0 Å². The van der Waals surface area contributed by atoms with Crippen LogP contribution in [0, 0.1) is 11.8 Å². The van der Waals surface area contributed by atoms with Crippen LogP contribution in [-0.2, 0) is 14.4 Å². The molecular weight excluding hydrogens is 186 g/mol. The third kappa shape index (κ3) is 1.19. The summed E-state index contributed by atoms with van der Waals surface area (Å²) in [6.45, 7) is -0.0833. The first-order valence-electron chi connectivity index (χ1n) is 4.42. The van der Waals surface area contributed by atoms with Crippen LogP contribution in [0.2, 0.25) is 0 Å². The Hall–Kier alpha value is -1.43. The third-order valence-electron chi connectivity index (χ3n) is 2.70. The molecule has 4 N–H and O–H groups in total. The van der Waals surface area contributed by atoms with Crippen molar-refractivity contribution >= 4 is 17.7 Å². The van der Waals surface area contributed by atoms with E-state index in [-0.39, 0.29) is 30.2 Å². The number of primary amides is 1. The van der Waals surface area contributed by atoms with Crippen LogP contribution in [0.3, 0.4) is 0 Å². The summed E-state index contributed by atoms with van der Waals surface area (Å²) < 4.78 is 0. The van der Waals surface area contributed by atoms with Gasteiger partial charge >= 0.3 is 0 Å². The van der Waals surface area contributed by atoms with Gasteiger partial charge in [-0.05, 0) is 6.42 Å². The topological polar surface area (TPSA) is 106 Å². The number of hydrogen-bond acceptors (Lipinski definition) is 4. The first kappa shape index (κ1) is 9.14. The molecule has 2 fully saturated rings. The molecule has 0 bridgehead atoms. The van der Waals surface area contributed by atoms with Crippen molar-refractivity contribution in [2.75, 3.05) is 6.54 Å². The molecule has 3 unspecified atom stereocenters. The van der Waals surface area contributed by atoms with Crippen molar-refractivity contribution in [3.63, 3.8) is 0 Å². The van der Waals surface area contributed by atoms with Crippen LogP contribution in [0.15, 0.2) is 0 Å². The lowest BCUT2D eigenvalue weighted by atomic mass is 10.2. The van der Waals surface area contributed by atoms with Crippen molar-refractivity contribution in [1.29, 1.82) is 0 Å². The van der Waals surface area contributed by atoms with Gasteiger partial charge in [0.2, 0.25) is 17.7 Å². The molecule has 14 heavy (non-hydrogen) atoms. The van der Waals surface area contributed by atoms with E-state index in [2.05, 4.69) is 0 Å². The second-order valence-corrected chi connectivity index (χ2v) is 3.74. The molecule has 1 heterocycles. The summed E-state index contributed by atoms with van der Waals surface area (Å²) in [5.74, 6) is -1.43. The molecule has 1 saturated heterocycles. The summed E-state index contributed by atoms with van der Waals surface area (Å²) in [5.41, 5.74) is 10.3. The van der Waals surface area contributed by atoms with Crippen molar-refractivity contribution in [1.82, 2.24) is 4.90 Å². The number of carbonyl (C=O) groups is 3. The first-order valence-corrected chi connectivity index (χ1v) is 4.42. The highest BCUT2D eigenvalue weighted by atomic mass is 16.2. The number of carbonyl (C=O) groups excluding carboxylic acids is 3. The Kier molecular flexibility index (Phi) is 1.81. The second-order valence-electron chi connectivity index (χ2n) is 3.74. The van der Waals surface area contributed by atoms with Gasteiger partial charge in [0.25, 0.3) is 0 Å². The van der Waals surface area contributed by atoms with Gasteiger partial charge in [0.15, 0.2) is 0 Å². The zero-order valence-corrected chi connectivity index (χ0v) is 7.47. The highest BCUT2D eigenvalue weighted by Crippen LogP contribution is 2.46. The summed E-state index contributed by atoms with van der Waals surface area (Å²) >= 11 is 0. The number of rotatable bonds is 3. The SMILES string of the molecule is NC(=O)C(N)CN1C(=O)C2CC2C1=O. The minimum absolute atomic E-state index is 0.0833. The monoisotopic (exact) mass is 197 g/mol. The van der Waals surface area contributed by atoms with E-state index >= 15 is 0 Å². The van der Waals surface area contributed by atoms with Crippen LogP contribution in [-0.4, -0.2) is 35.2 Å². The number of likely N-dealkylation sites (tertiary alicyclic amines) is 1. The number of amides is 3. The van der Waals surface area contributed by atoms with Gasteiger partial charge in [-0.2, -0.15) is 0 Å². The predicted octanol–water partition coefficient (Wildman–Crippen LogP) is -2.20. The van der Waals surface area contributed by atoms with E-state index in [9.17, 15) is 14.4 Å². The van der Waals surface area contributed by atoms with Gasteiger partial charge < -0.3 is 11.5 Å². The fraction of sp³-hybridized carbons (Fsp3) is 0.625. The molecule has 1 saturated carbocycles. The van der Waals surface area contributed by atoms with Gasteiger partial charge in [0.1, 0.15) is 6.04 Å². The molecule has 76 valence electrons. The van der Waals surface area contributed by atoms with Gasteiger partial charge in [0.05, 0.1) is 18.4 Å². The Labute approximate surface area is 80.2 Å². The Morgan fingerprint density at radius 2 is 1.93 bits per heavy atom. The third-order valence-corrected chi connectivity index (χ3v) is 2.70. The van der Waals surface area contributed by atoms with E-state index in [1.165, 1.54) is 0 Å². The largest absolute Gasteiger partial charge is 0.368 e. The summed E-state index contributed by atoms with van der Waals surface area (Å²) in [6.07, 6.45) is 0.653. The van der Waals surface area contributed by atoms with Crippen LogP contribution in [0.25, 0.3) is 0 Å². The molecule has 3 atom stereocenters. The average Bonchev–Trinajstić information content (AvgIpc) is 2.86. The molecule has 2 aliphatic rings. The summed E-state index contributed by atoms with van der Waals surface area (Å²) in [4.78, 5) is 34.5. The van der Waals surface area contributed by atoms with Gasteiger partial charge in [0, 0.05) is 0 Å². The fourth-order valence-electron chi connectivity index (χ4n) is 1.72. The smallest absolute Gasteiger partial charge is 0.236 e. The maximum atomic E-state index is 11.4. The van der Waals surface area contributed by atoms with Crippen molar-refractivity contribution in [2.45, 2.75) is 12.5 Å². The highest BCUT2D eigenvalue weighted by molar-refractivity contribution is 6.09. The Balaban J connectivity index is 2.02. The van der Waals surface area contributed by atoms with Gasteiger partial charge in [-0.1, -0.05) is 0 Å². The maximum absolute atomic E-state index is 11.4. The number of piperidine rings is 1. The van der Waals surface area contributed by atoms with Gasteiger partial charge in [-0.3, -0.25) is 19.3 Å². The summed E-state index contributed by atoms with van der Waals surface area (Å²) in [6, 6.07) is -0.958. The number of hydrogen-bond donors (Lipinski definition) is 2. The van der Waals surface area contributed by atoms with Gasteiger partial charge in [-0.25, -0.2) is 0 Å². The highest BCUT2D eigenvalue weighted by Gasteiger charge is 2.58. The fourth-order valence-corrected chi connectivity index (χ4v) is 1.72. The quantitative estimate of drug-likeness (QED) is 0.501. The van der Waals surface area contributed by atoms with E-state index in [0.717, 1.165) is 4.90 Å². The van der Waals surface area contributed by atoms with E-state index in [1.54, 1.807) is 0 Å². The molecule has 2 rings (SSSR count). The minimum atomic E-state index is -0.958. The Morgan fingerprint density at radius 1 is 1.43 bits per heavy atom. The van der Waals surface area contributed by atoms with Gasteiger partial charge in [-0.15, -0.1) is 0 Å². The normalized spacial score (nSPS) is 31.6. The molecule has 3 amide bonds. The molecule has 0 aromatic carbocycles. The maximum Gasteiger partial charge on any atom is 0.236 e. The number of nitrogens with zero attached hydrogens (tertiary/aromatic N) is 1. The van der Waals surface area contributed by atoms with Crippen molar-refractivity contribution in [3.05, 3.63) is 0 Å².